The minimum absolute atomic E-state index is 0.0513. The van der Waals surface area contributed by atoms with Gasteiger partial charge in [-0.05, 0) is 68.1 Å². The Labute approximate surface area is 163 Å². The largest absolute Gasteiger partial charge is 0.353 e. The van der Waals surface area contributed by atoms with Crippen LogP contribution >= 0.6 is 0 Å². The van der Waals surface area contributed by atoms with Crippen molar-refractivity contribution in [1.29, 1.82) is 0 Å². The SMILES string of the molecule is Cc1cccc(N2C[C@H](C(=O)NC3CCC(C(C)(C)C)CC3)CC2=O)c1C. The van der Waals surface area contributed by atoms with E-state index in [9.17, 15) is 9.59 Å². The standard InChI is InChI=1S/C23H34N2O2/c1-15-7-6-8-20(16(15)2)25-14-17(13-21(25)26)22(27)24-19-11-9-18(10-12-19)23(3,4)5/h6-8,17-19H,9-14H2,1-5H3,(H,24,27)/t17-,18?,19?/m1/s1. The van der Waals surface area contributed by atoms with Gasteiger partial charge in [-0.2, -0.15) is 0 Å². The fraction of sp³-hybridized carbons (Fsp3) is 0.652. The highest BCUT2D eigenvalue weighted by molar-refractivity contribution is 6.01. The number of carbonyl (C=O) groups is 2. The molecule has 1 aromatic rings. The highest BCUT2D eigenvalue weighted by atomic mass is 16.2. The number of hydrogen-bond donors (Lipinski definition) is 1. The second-order valence-electron chi connectivity index (χ2n) is 9.55. The molecule has 2 aliphatic rings. The normalized spacial score (nSPS) is 26.3. The van der Waals surface area contributed by atoms with Gasteiger partial charge < -0.3 is 10.2 Å². The topological polar surface area (TPSA) is 49.4 Å². The Kier molecular flexibility index (Phi) is 5.64. The van der Waals surface area contributed by atoms with Crippen LogP contribution in [0.4, 0.5) is 5.69 Å². The first-order chi connectivity index (χ1) is 12.7. The van der Waals surface area contributed by atoms with E-state index in [-0.39, 0.29) is 23.8 Å². The van der Waals surface area contributed by atoms with Gasteiger partial charge in [0, 0.05) is 24.7 Å². The predicted octanol–water partition coefficient (Wildman–Crippen LogP) is 4.38. The van der Waals surface area contributed by atoms with E-state index in [1.54, 1.807) is 4.90 Å². The molecule has 1 heterocycles. The van der Waals surface area contributed by atoms with Gasteiger partial charge in [0.05, 0.1) is 5.92 Å². The first kappa shape index (κ1) is 19.9. The maximum absolute atomic E-state index is 12.8. The number of rotatable bonds is 3. The van der Waals surface area contributed by atoms with E-state index in [1.165, 1.54) is 18.4 Å². The summed E-state index contributed by atoms with van der Waals surface area (Å²) in [5.41, 5.74) is 3.58. The summed E-state index contributed by atoms with van der Waals surface area (Å²) >= 11 is 0. The molecule has 0 unspecified atom stereocenters. The molecule has 0 aromatic heterocycles. The van der Waals surface area contributed by atoms with Crippen LogP contribution in [0.15, 0.2) is 18.2 Å². The van der Waals surface area contributed by atoms with Crippen molar-refractivity contribution >= 4 is 17.5 Å². The highest BCUT2D eigenvalue weighted by Crippen LogP contribution is 2.38. The van der Waals surface area contributed by atoms with Crippen LogP contribution < -0.4 is 10.2 Å². The molecule has 1 N–H and O–H groups in total. The molecular formula is C23H34N2O2. The van der Waals surface area contributed by atoms with Crippen molar-refractivity contribution in [1.82, 2.24) is 5.32 Å². The number of hydrogen-bond acceptors (Lipinski definition) is 2. The monoisotopic (exact) mass is 370 g/mol. The second-order valence-corrected chi connectivity index (χ2v) is 9.55. The Bertz CT molecular complexity index is 712. The summed E-state index contributed by atoms with van der Waals surface area (Å²) in [6.45, 7) is 11.5. The zero-order chi connectivity index (χ0) is 19.8. The number of aryl methyl sites for hydroxylation is 1. The quantitative estimate of drug-likeness (QED) is 0.858. The number of anilines is 1. The number of amides is 2. The number of benzene rings is 1. The summed E-state index contributed by atoms with van der Waals surface area (Å²) in [7, 11) is 0. The molecule has 1 atom stereocenters. The van der Waals surface area contributed by atoms with Crippen molar-refractivity contribution in [3.05, 3.63) is 29.3 Å². The molecule has 27 heavy (non-hydrogen) atoms. The first-order valence-corrected chi connectivity index (χ1v) is 10.3. The first-order valence-electron chi connectivity index (χ1n) is 10.3. The molecule has 1 aliphatic heterocycles. The van der Waals surface area contributed by atoms with Crippen LogP contribution in [0.5, 0.6) is 0 Å². The zero-order valence-corrected chi connectivity index (χ0v) is 17.5. The van der Waals surface area contributed by atoms with Crippen molar-refractivity contribution in [3.63, 3.8) is 0 Å². The van der Waals surface area contributed by atoms with Crippen LogP contribution in [0.1, 0.15) is 64.0 Å². The molecular weight excluding hydrogens is 336 g/mol. The van der Waals surface area contributed by atoms with Gasteiger partial charge in [0.25, 0.3) is 0 Å². The van der Waals surface area contributed by atoms with Gasteiger partial charge in [-0.15, -0.1) is 0 Å². The summed E-state index contributed by atoms with van der Waals surface area (Å²) in [6.07, 6.45) is 4.76. The molecule has 2 fully saturated rings. The van der Waals surface area contributed by atoms with Crippen molar-refractivity contribution in [3.8, 4) is 0 Å². The van der Waals surface area contributed by atoms with Crippen LogP contribution in [0.2, 0.25) is 0 Å². The summed E-state index contributed by atoms with van der Waals surface area (Å²) in [5.74, 6) is 0.604. The molecule has 1 saturated carbocycles. The Hall–Kier alpha value is -1.84. The van der Waals surface area contributed by atoms with E-state index in [2.05, 4.69) is 39.1 Å². The highest BCUT2D eigenvalue weighted by Gasteiger charge is 2.37. The molecule has 4 heteroatoms. The van der Waals surface area contributed by atoms with Gasteiger partial charge in [0.2, 0.25) is 11.8 Å². The third kappa shape index (κ3) is 4.36. The van der Waals surface area contributed by atoms with Crippen molar-refractivity contribution in [2.45, 2.75) is 72.8 Å². The lowest BCUT2D eigenvalue weighted by molar-refractivity contribution is -0.127. The van der Waals surface area contributed by atoms with Gasteiger partial charge in [0.1, 0.15) is 0 Å². The zero-order valence-electron chi connectivity index (χ0n) is 17.5. The summed E-state index contributed by atoms with van der Waals surface area (Å²) in [4.78, 5) is 27.1. The lowest BCUT2D eigenvalue weighted by Crippen LogP contribution is -2.42. The minimum Gasteiger partial charge on any atom is -0.353 e. The van der Waals surface area contributed by atoms with E-state index < -0.39 is 0 Å². The van der Waals surface area contributed by atoms with Crippen molar-refractivity contribution < 1.29 is 9.59 Å². The molecule has 1 aliphatic carbocycles. The van der Waals surface area contributed by atoms with Gasteiger partial charge in [0.15, 0.2) is 0 Å². The van der Waals surface area contributed by atoms with Crippen LogP contribution in [-0.4, -0.2) is 24.4 Å². The van der Waals surface area contributed by atoms with E-state index in [1.807, 2.05) is 19.1 Å². The maximum atomic E-state index is 12.8. The van der Waals surface area contributed by atoms with Crippen LogP contribution in [0.25, 0.3) is 0 Å². The Balaban J connectivity index is 1.58. The minimum atomic E-state index is -0.238. The molecule has 1 saturated heterocycles. The molecule has 148 valence electrons. The fourth-order valence-electron chi connectivity index (χ4n) is 4.57. The van der Waals surface area contributed by atoms with Crippen molar-refractivity contribution in [2.75, 3.05) is 11.4 Å². The maximum Gasteiger partial charge on any atom is 0.227 e. The Morgan fingerprint density at radius 3 is 2.41 bits per heavy atom. The fourth-order valence-corrected chi connectivity index (χ4v) is 4.57. The predicted molar refractivity (Wildman–Crippen MR) is 110 cm³/mol. The van der Waals surface area contributed by atoms with Crippen molar-refractivity contribution in [2.24, 2.45) is 17.3 Å². The molecule has 0 radical (unpaired) electrons. The third-order valence-corrected chi connectivity index (χ3v) is 6.66. The van der Waals surface area contributed by atoms with E-state index >= 15 is 0 Å². The van der Waals surface area contributed by atoms with Gasteiger partial charge in [-0.3, -0.25) is 9.59 Å². The summed E-state index contributed by atoms with van der Waals surface area (Å²) in [5, 5.41) is 3.23. The van der Waals surface area contributed by atoms with E-state index in [0.29, 0.717) is 18.4 Å². The second kappa shape index (κ2) is 7.65. The molecule has 0 spiro atoms. The smallest absolute Gasteiger partial charge is 0.227 e. The van der Waals surface area contributed by atoms with Gasteiger partial charge in [-0.1, -0.05) is 32.9 Å². The molecule has 4 nitrogen and oxygen atoms in total. The molecule has 2 amide bonds. The number of nitrogens with zero attached hydrogens (tertiary/aromatic N) is 1. The van der Waals surface area contributed by atoms with Gasteiger partial charge in [-0.25, -0.2) is 0 Å². The average molecular weight is 371 g/mol. The van der Waals surface area contributed by atoms with Crippen LogP contribution in [-0.2, 0) is 9.59 Å². The third-order valence-electron chi connectivity index (χ3n) is 6.66. The number of nitrogens with one attached hydrogen (secondary N) is 1. The average Bonchev–Trinajstić information content (AvgIpc) is 2.99. The summed E-state index contributed by atoms with van der Waals surface area (Å²) < 4.78 is 0. The van der Waals surface area contributed by atoms with Crippen LogP contribution in [0.3, 0.4) is 0 Å². The molecule has 0 bridgehead atoms. The van der Waals surface area contributed by atoms with E-state index in [4.69, 9.17) is 0 Å². The van der Waals surface area contributed by atoms with E-state index in [0.717, 1.165) is 30.0 Å². The van der Waals surface area contributed by atoms with Crippen LogP contribution in [0, 0.1) is 31.1 Å². The Morgan fingerprint density at radius 1 is 1.11 bits per heavy atom. The lowest BCUT2D eigenvalue weighted by atomic mass is 9.71. The number of carbonyl (C=O) groups excluding carboxylic acids is 2. The summed E-state index contributed by atoms with van der Waals surface area (Å²) in [6, 6.07) is 6.28. The lowest BCUT2D eigenvalue weighted by Gasteiger charge is -2.37. The molecule has 3 rings (SSSR count). The Morgan fingerprint density at radius 2 is 1.78 bits per heavy atom. The van der Waals surface area contributed by atoms with Gasteiger partial charge >= 0.3 is 0 Å². The molecule has 1 aromatic carbocycles.